The number of anilines is 2. The van der Waals surface area contributed by atoms with Gasteiger partial charge in [-0.2, -0.15) is 8.42 Å². The van der Waals surface area contributed by atoms with Gasteiger partial charge in [0, 0.05) is 18.3 Å². The maximum atomic E-state index is 13.1. The summed E-state index contributed by atoms with van der Waals surface area (Å²) < 4.78 is 33.8. The summed E-state index contributed by atoms with van der Waals surface area (Å²) in [5.74, 6) is 1.26. The van der Waals surface area contributed by atoms with Crippen LogP contribution in [0.2, 0.25) is 0 Å². The monoisotopic (exact) mass is 509 g/mol. The number of ether oxygens (including phenoxy) is 1. The van der Waals surface area contributed by atoms with Crippen LogP contribution in [0.25, 0.3) is 0 Å². The van der Waals surface area contributed by atoms with Crippen LogP contribution in [0.4, 0.5) is 11.6 Å². The smallest absolute Gasteiger partial charge is 0.281 e. The van der Waals surface area contributed by atoms with Crippen molar-refractivity contribution in [2.24, 2.45) is 5.92 Å². The number of hydrogen-bond donors (Lipinski definition) is 2. The maximum Gasteiger partial charge on any atom is 0.281 e. The summed E-state index contributed by atoms with van der Waals surface area (Å²) in [5.41, 5.74) is 0.00331. The highest BCUT2D eigenvalue weighted by atomic mass is 32.2. The molecule has 2 aromatic heterocycles. The van der Waals surface area contributed by atoms with Crippen molar-refractivity contribution in [3.8, 4) is 5.75 Å². The van der Waals surface area contributed by atoms with Crippen LogP contribution in [0.3, 0.4) is 0 Å². The third-order valence-corrected chi connectivity index (χ3v) is 7.24. The predicted octanol–water partition coefficient (Wildman–Crippen LogP) is 3.71. The molecule has 1 unspecified atom stereocenters. The Kier molecular flexibility index (Phi) is 7.44. The van der Waals surface area contributed by atoms with Crippen LogP contribution < -0.4 is 19.7 Å². The van der Waals surface area contributed by atoms with E-state index in [2.05, 4.69) is 45.7 Å². The zero-order chi connectivity index (χ0) is 25.8. The van der Waals surface area contributed by atoms with E-state index in [0.717, 1.165) is 18.7 Å². The van der Waals surface area contributed by atoms with Crippen LogP contribution in [0, 0.1) is 5.92 Å². The highest BCUT2D eigenvalue weighted by Gasteiger charge is 2.39. The van der Waals surface area contributed by atoms with Gasteiger partial charge in [0.05, 0.1) is 12.1 Å². The lowest BCUT2D eigenvalue weighted by Gasteiger charge is -2.33. The van der Waals surface area contributed by atoms with Gasteiger partial charge in [0.15, 0.2) is 5.03 Å². The van der Waals surface area contributed by atoms with Gasteiger partial charge in [0.1, 0.15) is 24.0 Å². The van der Waals surface area contributed by atoms with Crippen molar-refractivity contribution in [3.05, 3.63) is 72.4 Å². The van der Waals surface area contributed by atoms with Crippen LogP contribution in [0.1, 0.15) is 37.6 Å². The Hall–Kier alpha value is -3.66. The summed E-state index contributed by atoms with van der Waals surface area (Å²) >= 11 is 0. The Morgan fingerprint density at radius 3 is 2.61 bits per heavy atom. The zero-order valence-corrected chi connectivity index (χ0v) is 21.5. The number of benzene rings is 1. The predicted molar refractivity (Wildman–Crippen MR) is 139 cm³/mol. The topological polar surface area (TPSA) is 114 Å². The van der Waals surface area contributed by atoms with Gasteiger partial charge in [0.25, 0.3) is 15.9 Å². The summed E-state index contributed by atoms with van der Waals surface area (Å²) in [7, 11) is -4.21. The molecule has 0 bridgehead atoms. The number of aromatic nitrogens is 2. The van der Waals surface area contributed by atoms with E-state index in [-0.39, 0.29) is 16.1 Å². The first-order chi connectivity index (χ1) is 17.2. The number of sulfonamides is 1. The van der Waals surface area contributed by atoms with Gasteiger partial charge >= 0.3 is 0 Å². The number of hydrogen-bond acceptors (Lipinski definition) is 8. The van der Waals surface area contributed by atoms with Crippen LogP contribution in [0.5, 0.6) is 5.75 Å². The Morgan fingerprint density at radius 2 is 1.89 bits per heavy atom. The standard InChI is InChI=1S/C26H31N5O4S/c1-19-17-26(2,3)31(18-19)24-21(11-8-14-28-24)25(32)30-36(33,34)23-13-7-12-22(29-23)27-15-16-35-20-9-5-4-6-10-20/h4-14,19H,15-18H2,1-3H3,(H,27,29)(H,30,32). The highest BCUT2D eigenvalue weighted by molar-refractivity contribution is 7.90. The summed E-state index contributed by atoms with van der Waals surface area (Å²) in [4.78, 5) is 23.8. The molecule has 1 saturated heterocycles. The number of nitrogens with one attached hydrogen (secondary N) is 2. The zero-order valence-electron chi connectivity index (χ0n) is 20.6. The van der Waals surface area contributed by atoms with Gasteiger partial charge in [-0.3, -0.25) is 4.79 Å². The van der Waals surface area contributed by atoms with E-state index >= 15 is 0 Å². The molecule has 4 rings (SSSR count). The number of carbonyl (C=O) groups is 1. The Bertz CT molecular complexity index is 1310. The maximum absolute atomic E-state index is 13.1. The molecule has 0 radical (unpaired) electrons. The average molecular weight is 510 g/mol. The third kappa shape index (κ3) is 5.93. The van der Waals surface area contributed by atoms with E-state index in [1.165, 1.54) is 6.07 Å². The molecular weight excluding hydrogens is 478 g/mol. The van der Waals surface area contributed by atoms with Crippen molar-refractivity contribution < 1.29 is 17.9 Å². The van der Waals surface area contributed by atoms with Crippen molar-refractivity contribution in [3.63, 3.8) is 0 Å². The summed E-state index contributed by atoms with van der Waals surface area (Å²) in [6, 6.07) is 17.2. The Balaban J connectivity index is 1.44. The second-order valence-electron chi connectivity index (χ2n) is 9.49. The van der Waals surface area contributed by atoms with Crippen LogP contribution in [-0.4, -0.2) is 49.5 Å². The number of nitrogens with zero attached hydrogens (tertiary/aromatic N) is 3. The number of pyridine rings is 2. The van der Waals surface area contributed by atoms with Crippen LogP contribution in [0.15, 0.2) is 71.9 Å². The van der Waals surface area contributed by atoms with Gasteiger partial charge in [0.2, 0.25) is 0 Å². The third-order valence-electron chi connectivity index (χ3n) is 6.01. The summed E-state index contributed by atoms with van der Waals surface area (Å²) in [6.45, 7) is 7.86. The SMILES string of the molecule is CC1CN(c2ncccc2C(=O)NS(=O)(=O)c2cccc(NCCOc3ccccc3)n2)C(C)(C)C1. The molecule has 2 N–H and O–H groups in total. The van der Waals surface area contributed by atoms with Gasteiger partial charge in [-0.1, -0.05) is 31.2 Å². The molecule has 1 amide bonds. The van der Waals surface area contributed by atoms with Gasteiger partial charge in [-0.15, -0.1) is 0 Å². The van der Waals surface area contributed by atoms with Crippen molar-refractivity contribution in [2.75, 3.05) is 29.9 Å². The molecule has 1 aliphatic heterocycles. The minimum atomic E-state index is -4.21. The second-order valence-corrected chi connectivity index (χ2v) is 11.1. The first-order valence-electron chi connectivity index (χ1n) is 11.8. The van der Waals surface area contributed by atoms with E-state index in [0.29, 0.717) is 30.7 Å². The van der Waals surface area contributed by atoms with Crippen molar-refractivity contribution in [2.45, 2.75) is 37.8 Å². The average Bonchev–Trinajstić information content (AvgIpc) is 3.14. The van der Waals surface area contributed by atoms with Crippen molar-refractivity contribution in [1.29, 1.82) is 0 Å². The molecule has 0 saturated carbocycles. The van der Waals surface area contributed by atoms with Crippen LogP contribution in [-0.2, 0) is 10.0 Å². The number of amides is 1. The van der Waals surface area contributed by atoms with E-state index < -0.39 is 15.9 Å². The molecule has 1 aromatic carbocycles. The molecule has 1 fully saturated rings. The second kappa shape index (κ2) is 10.5. The lowest BCUT2D eigenvalue weighted by Crippen LogP contribution is -2.41. The minimum absolute atomic E-state index is 0.201. The molecule has 3 heterocycles. The first-order valence-corrected chi connectivity index (χ1v) is 13.3. The van der Waals surface area contributed by atoms with Crippen molar-refractivity contribution in [1.82, 2.24) is 14.7 Å². The molecule has 1 aliphatic rings. The largest absolute Gasteiger partial charge is 0.492 e. The molecule has 1 atom stereocenters. The van der Waals surface area contributed by atoms with E-state index in [9.17, 15) is 13.2 Å². The molecule has 3 aromatic rings. The molecule has 36 heavy (non-hydrogen) atoms. The molecule has 190 valence electrons. The summed E-state index contributed by atoms with van der Waals surface area (Å²) in [5, 5.41) is 2.78. The van der Waals surface area contributed by atoms with Crippen LogP contribution >= 0.6 is 0 Å². The number of para-hydroxylation sites is 1. The quantitative estimate of drug-likeness (QED) is 0.420. The molecule has 0 aliphatic carbocycles. The molecule has 9 nitrogen and oxygen atoms in total. The van der Waals surface area contributed by atoms with E-state index in [4.69, 9.17) is 4.74 Å². The van der Waals surface area contributed by atoms with Crippen molar-refractivity contribution >= 4 is 27.6 Å². The van der Waals surface area contributed by atoms with E-state index in [1.807, 2.05) is 30.3 Å². The lowest BCUT2D eigenvalue weighted by molar-refractivity contribution is 0.0981. The fraction of sp³-hybridized carbons (Fsp3) is 0.346. The number of rotatable bonds is 9. The molecule has 0 spiro atoms. The highest BCUT2D eigenvalue weighted by Crippen LogP contribution is 2.37. The van der Waals surface area contributed by atoms with E-state index in [1.54, 1.807) is 30.5 Å². The van der Waals surface area contributed by atoms with Gasteiger partial charge in [-0.05, 0) is 62.6 Å². The first kappa shape index (κ1) is 25.4. The Labute approximate surface area is 212 Å². The molecule has 10 heteroatoms. The lowest BCUT2D eigenvalue weighted by atomic mass is 9.97. The number of carbonyl (C=O) groups excluding carboxylic acids is 1. The van der Waals surface area contributed by atoms with Gasteiger partial charge in [-0.25, -0.2) is 14.7 Å². The minimum Gasteiger partial charge on any atom is -0.492 e. The normalized spacial score (nSPS) is 17.0. The fourth-order valence-electron chi connectivity index (χ4n) is 4.51. The molecular formula is C26H31N5O4S. The van der Waals surface area contributed by atoms with Gasteiger partial charge < -0.3 is 15.0 Å². The Morgan fingerprint density at radius 1 is 1.11 bits per heavy atom. The fourth-order valence-corrected chi connectivity index (χ4v) is 5.44. The summed E-state index contributed by atoms with van der Waals surface area (Å²) in [6.07, 6.45) is 2.56.